The Hall–Kier alpha value is -0.320. The fourth-order valence-corrected chi connectivity index (χ4v) is 1.95. The van der Waals surface area contributed by atoms with E-state index in [1.165, 1.54) is 0 Å². The quantitative estimate of drug-likeness (QED) is 0.361. The van der Waals surface area contributed by atoms with Crippen LogP contribution in [0.3, 0.4) is 0 Å². The van der Waals surface area contributed by atoms with Crippen molar-refractivity contribution < 1.29 is 39.2 Å². The summed E-state index contributed by atoms with van der Waals surface area (Å²) >= 11 is 0. The summed E-state index contributed by atoms with van der Waals surface area (Å²) in [6, 6.07) is 0. The first-order valence-corrected chi connectivity index (χ1v) is 4.86. The van der Waals surface area contributed by atoms with Crippen molar-refractivity contribution >= 4 is 0 Å². The second-order valence-corrected chi connectivity index (χ2v) is 3.50. The summed E-state index contributed by atoms with van der Waals surface area (Å²) in [5.41, 5.74) is 0. The molecule has 8 nitrogen and oxygen atoms in total. The van der Waals surface area contributed by atoms with Crippen LogP contribution in [0.25, 0.3) is 0 Å². The van der Waals surface area contributed by atoms with Crippen LogP contribution in [0.15, 0.2) is 0 Å². The number of hydrogen-bond acceptors (Lipinski definition) is 8. The van der Waals surface area contributed by atoms with Crippen molar-refractivity contribution in [2.75, 3.05) is 26.8 Å². The van der Waals surface area contributed by atoms with Gasteiger partial charge in [-0.15, -0.1) is 0 Å². The average Bonchev–Trinajstić information content (AvgIpc) is 2.86. The molecule has 0 aromatic carbocycles. The van der Waals surface area contributed by atoms with E-state index in [1.807, 2.05) is 0 Å². The van der Waals surface area contributed by atoms with Gasteiger partial charge in [-0.3, -0.25) is 0 Å². The van der Waals surface area contributed by atoms with Crippen molar-refractivity contribution in [1.29, 1.82) is 0 Å². The Kier molecular flexibility index (Phi) is 4.44. The van der Waals surface area contributed by atoms with Crippen molar-refractivity contribution in [1.82, 2.24) is 0 Å². The van der Waals surface area contributed by atoms with E-state index in [0.29, 0.717) is 13.2 Å². The van der Waals surface area contributed by atoms with Gasteiger partial charge >= 0.3 is 0 Å². The highest BCUT2D eigenvalue weighted by Gasteiger charge is 2.49. The van der Waals surface area contributed by atoms with Crippen molar-refractivity contribution in [3.63, 3.8) is 0 Å². The number of fused-ring (bicyclic) bond motifs is 1. The maximum Gasteiger partial charge on any atom is 0.181 e. The van der Waals surface area contributed by atoms with Crippen LogP contribution < -0.4 is 0 Å². The third-order valence-corrected chi connectivity index (χ3v) is 2.63. The molecule has 94 valence electrons. The molecule has 0 aliphatic carbocycles. The highest BCUT2D eigenvalue weighted by molar-refractivity contribution is 4.95. The molecule has 4 atom stereocenters. The first kappa shape index (κ1) is 12.1. The van der Waals surface area contributed by atoms with Gasteiger partial charge in [0, 0.05) is 0 Å². The van der Waals surface area contributed by atoms with E-state index in [1.54, 1.807) is 0 Å². The molecule has 0 spiro atoms. The van der Waals surface area contributed by atoms with E-state index in [9.17, 15) is 0 Å². The molecular weight excluding hydrogens is 224 g/mol. The lowest BCUT2D eigenvalue weighted by Crippen LogP contribution is -2.34. The predicted octanol–water partition coefficient (Wildman–Crippen LogP) is -0.551. The average molecular weight is 238 g/mol. The Morgan fingerprint density at radius 3 is 1.69 bits per heavy atom. The standard InChI is InChI=1S/C8H14O8/c9-15-3-13-5-1-11-8-6(14-4-16-10)2-12-7(5)8/h5-10H,1-4H2/t5-,6+,7-,8-/m1/s1. The summed E-state index contributed by atoms with van der Waals surface area (Å²) in [7, 11) is 0. The van der Waals surface area contributed by atoms with Crippen LogP contribution >= 0.6 is 0 Å². The van der Waals surface area contributed by atoms with E-state index >= 15 is 0 Å². The van der Waals surface area contributed by atoms with Crippen molar-refractivity contribution in [3.05, 3.63) is 0 Å². The summed E-state index contributed by atoms with van der Waals surface area (Å²) < 4.78 is 21.2. The molecule has 0 aromatic rings. The Morgan fingerprint density at radius 2 is 1.31 bits per heavy atom. The SMILES string of the molecule is OOCO[C@H]1CO[C@H]2[C@@H]1OC[C@H]2OCOO. The highest BCUT2D eigenvalue weighted by atomic mass is 17.1. The topological polar surface area (TPSA) is 95.8 Å². The number of hydrogen-bond donors (Lipinski definition) is 2. The lowest BCUT2D eigenvalue weighted by molar-refractivity contribution is -0.308. The van der Waals surface area contributed by atoms with Gasteiger partial charge in [-0.05, 0) is 0 Å². The molecule has 2 N–H and O–H groups in total. The molecule has 2 heterocycles. The molecule has 2 aliphatic rings. The van der Waals surface area contributed by atoms with Crippen LogP contribution in [-0.2, 0) is 28.7 Å². The molecule has 8 heteroatoms. The van der Waals surface area contributed by atoms with Crippen LogP contribution in [0.2, 0.25) is 0 Å². The van der Waals surface area contributed by atoms with E-state index < -0.39 is 0 Å². The molecule has 0 bridgehead atoms. The molecule has 2 aliphatic heterocycles. The van der Waals surface area contributed by atoms with E-state index in [2.05, 4.69) is 9.78 Å². The van der Waals surface area contributed by atoms with Crippen LogP contribution in [0, 0.1) is 0 Å². The Labute approximate surface area is 91.4 Å². The zero-order valence-corrected chi connectivity index (χ0v) is 8.48. The Bertz CT molecular complexity index is 190. The van der Waals surface area contributed by atoms with Crippen LogP contribution in [0.1, 0.15) is 0 Å². The minimum atomic E-state index is -0.291. The summed E-state index contributed by atoms with van der Waals surface area (Å²) in [4.78, 5) is 7.65. The van der Waals surface area contributed by atoms with Gasteiger partial charge in [0.05, 0.1) is 13.2 Å². The van der Waals surface area contributed by atoms with Gasteiger partial charge in [0.15, 0.2) is 13.6 Å². The first-order valence-electron chi connectivity index (χ1n) is 4.86. The fourth-order valence-electron chi connectivity index (χ4n) is 1.95. The maximum atomic E-state index is 8.16. The van der Waals surface area contributed by atoms with Crippen molar-refractivity contribution in [2.24, 2.45) is 0 Å². The normalized spacial score (nSPS) is 37.9. The van der Waals surface area contributed by atoms with E-state index in [-0.39, 0.29) is 38.0 Å². The van der Waals surface area contributed by atoms with Crippen LogP contribution in [0.5, 0.6) is 0 Å². The van der Waals surface area contributed by atoms with Crippen LogP contribution in [-0.4, -0.2) is 61.7 Å². The minimum Gasteiger partial charge on any atom is -0.370 e. The van der Waals surface area contributed by atoms with Crippen LogP contribution in [0.4, 0.5) is 0 Å². The second-order valence-electron chi connectivity index (χ2n) is 3.50. The largest absolute Gasteiger partial charge is 0.370 e. The smallest absolute Gasteiger partial charge is 0.181 e. The summed E-state index contributed by atoms with van der Waals surface area (Å²) in [6.45, 7) is 0.231. The Balaban J connectivity index is 1.80. The molecule has 0 saturated carbocycles. The zero-order valence-electron chi connectivity index (χ0n) is 8.48. The van der Waals surface area contributed by atoms with Gasteiger partial charge in [0.25, 0.3) is 0 Å². The molecule has 16 heavy (non-hydrogen) atoms. The monoisotopic (exact) mass is 238 g/mol. The summed E-state index contributed by atoms with van der Waals surface area (Å²) in [5.74, 6) is 0. The number of ether oxygens (including phenoxy) is 4. The number of rotatable bonds is 6. The van der Waals surface area contributed by atoms with Gasteiger partial charge < -0.3 is 18.9 Å². The molecular formula is C8H14O8. The molecule has 0 amide bonds. The van der Waals surface area contributed by atoms with E-state index in [0.717, 1.165) is 0 Å². The minimum absolute atomic E-state index is 0.230. The summed E-state index contributed by atoms with van der Waals surface area (Å²) in [6.07, 6.45) is -1.08. The molecule has 0 unspecified atom stereocenters. The third-order valence-electron chi connectivity index (χ3n) is 2.63. The molecule has 2 fully saturated rings. The summed E-state index contributed by atoms with van der Waals surface area (Å²) in [5, 5.41) is 16.3. The molecule has 2 rings (SSSR count). The predicted molar refractivity (Wildman–Crippen MR) is 46.4 cm³/mol. The molecule has 0 aromatic heterocycles. The fraction of sp³-hybridized carbons (Fsp3) is 1.00. The van der Waals surface area contributed by atoms with Crippen molar-refractivity contribution in [2.45, 2.75) is 24.4 Å². The van der Waals surface area contributed by atoms with Crippen molar-refractivity contribution in [3.8, 4) is 0 Å². The zero-order chi connectivity index (χ0) is 11.4. The molecule has 0 radical (unpaired) electrons. The second kappa shape index (κ2) is 5.84. The third kappa shape index (κ3) is 2.50. The van der Waals surface area contributed by atoms with Gasteiger partial charge in [-0.25, -0.2) is 20.3 Å². The van der Waals surface area contributed by atoms with Gasteiger partial charge in [-0.1, -0.05) is 0 Å². The lowest BCUT2D eigenvalue weighted by Gasteiger charge is -2.16. The highest BCUT2D eigenvalue weighted by Crippen LogP contribution is 2.30. The molecule has 2 saturated heterocycles. The van der Waals surface area contributed by atoms with Gasteiger partial charge in [0.1, 0.15) is 24.4 Å². The Morgan fingerprint density at radius 1 is 0.875 bits per heavy atom. The lowest BCUT2D eigenvalue weighted by atomic mass is 10.1. The van der Waals surface area contributed by atoms with Gasteiger partial charge in [0.2, 0.25) is 0 Å². The first-order chi connectivity index (χ1) is 7.86. The maximum absolute atomic E-state index is 8.16. The van der Waals surface area contributed by atoms with E-state index in [4.69, 9.17) is 29.5 Å². The van der Waals surface area contributed by atoms with Gasteiger partial charge in [-0.2, -0.15) is 0 Å².